The van der Waals surface area contributed by atoms with Gasteiger partial charge in [-0.2, -0.15) is 0 Å². The maximum absolute atomic E-state index is 11.9. The molecule has 112 valence electrons. The number of benzene rings is 2. The van der Waals surface area contributed by atoms with Gasteiger partial charge in [-0.05, 0) is 24.3 Å². The molecular formula is C17H15NO4. The summed E-state index contributed by atoms with van der Waals surface area (Å²) in [5.41, 5.74) is 1.24. The molecule has 5 heteroatoms. The summed E-state index contributed by atoms with van der Waals surface area (Å²) in [5.74, 6) is -1.39. The van der Waals surface area contributed by atoms with E-state index in [1.807, 2.05) is 6.07 Å². The number of amides is 1. The van der Waals surface area contributed by atoms with Gasteiger partial charge in [-0.3, -0.25) is 9.59 Å². The zero-order valence-corrected chi connectivity index (χ0v) is 11.8. The lowest BCUT2D eigenvalue weighted by Gasteiger charge is -2.05. The number of hydrogen-bond donors (Lipinski definition) is 2. The number of hydrogen-bond acceptors (Lipinski definition) is 3. The molecule has 22 heavy (non-hydrogen) atoms. The Kier molecular flexibility index (Phi) is 5.03. The molecule has 0 aromatic heterocycles. The minimum atomic E-state index is -1.02. The number of ketones is 1. The molecule has 0 spiro atoms. The van der Waals surface area contributed by atoms with E-state index in [-0.39, 0.29) is 30.1 Å². The van der Waals surface area contributed by atoms with E-state index in [9.17, 15) is 14.4 Å². The summed E-state index contributed by atoms with van der Waals surface area (Å²) in [6.07, 6.45) is 0.206. The number of rotatable bonds is 6. The Labute approximate surface area is 127 Å². The molecule has 2 N–H and O–H groups in total. The van der Waals surface area contributed by atoms with Crippen molar-refractivity contribution in [1.29, 1.82) is 0 Å². The Morgan fingerprint density at radius 1 is 0.818 bits per heavy atom. The van der Waals surface area contributed by atoms with Gasteiger partial charge in [0.25, 0.3) is 0 Å². The number of carbonyl (C=O) groups is 3. The Bertz CT molecular complexity index is 678. The maximum Gasteiger partial charge on any atom is 0.335 e. The molecule has 2 aromatic carbocycles. The lowest BCUT2D eigenvalue weighted by molar-refractivity contribution is -0.116. The van der Waals surface area contributed by atoms with Crippen LogP contribution in [0.2, 0.25) is 0 Å². The van der Waals surface area contributed by atoms with E-state index in [2.05, 4.69) is 5.32 Å². The molecule has 0 radical (unpaired) electrons. The molecule has 0 unspecified atom stereocenters. The number of Topliss-reactive ketones (excluding diaryl/α,β-unsaturated/α-hetero) is 1. The van der Waals surface area contributed by atoms with Crippen molar-refractivity contribution in [2.45, 2.75) is 12.8 Å². The second-order valence-corrected chi connectivity index (χ2v) is 4.72. The van der Waals surface area contributed by atoms with Crippen LogP contribution < -0.4 is 5.32 Å². The first kappa shape index (κ1) is 15.4. The van der Waals surface area contributed by atoms with Gasteiger partial charge in [0.15, 0.2) is 5.78 Å². The molecule has 0 bridgehead atoms. The molecule has 0 saturated heterocycles. The number of carbonyl (C=O) groups excluding carboxylic acids is 2. The Hall–Kier alpha value is -2.95. The van der Waals surface area contributed by atoms with Gasteiger partial charge in [0.1, 0.15) is 0 Å². The van der Waals surface area contributed by atoms with Crippen LogP contribution >= 0.6 is 0 Å². The predicted molar refractivity (Wildman–Crippen MR) is 82.0 cm³/mol. The van der Waals surface area contributed by atoms with Crippen molar-refractivity contribution in [3.63, 3.8) is 0 Å². The van der Waals surface area contributed by atoms with E-state index in [1.165, 1.54) is 24.3 Å². The average Bonchev–Trinajstić information content (AvgIpc) is 2.54. The van der Waals surface area contributed by atoms with Gasteiger partial charge in [0, 0.05) is 24.1 Å². The summed E-state index contributed by atoms with van der Waals surface area (Å²) in [5, 5.41) is 11.4. The van der Waals surface area contributed by atoms with E-state index in [4.69, 9.17) is 5.11 Å². The van der Waals surface area contributed by atoms with Gasteiger partial charge in [0.2, 0.25) is 5.91 Å². The summed E-state index contributed by atoms with van der Waals surface area (Å²) in [6.45, 7) is 0. The van der Waals surface area contributed by atoms with Crippen LogP contribution in [-0.2, 0) is 4.79 Å². The van der Waals surface area contributed by atoms with Crippen LogP contribution in [0.25, 0.3) is 0 Å². The zero-order chi connectivity index (χ0) is 15.9. The SMILES string of the molecule is O=C(CCC(=O)c1ccccc1)Nc1ccc(C(=O)O)cc1. The van der Waals surface area contributed by atoms with E-state index in [0.717, 1.165) is 0 Å². The number of aromatic carboxylic acids is 1. The normalized spacial score (nSPS) is 10.0. The highest BCUT2D eigenvalue weighted by Gasteiger charge is 2.09. The third-order valence-corrected chi connectivity index (χ3v) is 3.09. The first-order valence-corrected chi connectivity index (χ1v) is 6.78. The molecule has 0 aliphatic rings. The van der Waals surface area contributed by atoms with Gasteiger partial charge in [-0.25, -0.2) is 4.79 Å². The lowest BCUT2D eigenvalue weighted by atomic mass is 10.1. The average molecular weight is 297 g/mol. The molecule has 0 aliphatic heterocycles. The van der Waals surface area contributed by atoms with Gasteiger partial charge in [-0.15, -0.1) is 0 Å². The highest BCUT2D eigenvalue weighted by atomic mass is 16.4. The summed E-state index contributed by atoms with van der Waals surface area (Å²) < 4.78 is 0. The molecule has 2 aromatic rings. The second-order valence-electron chi connectivity index (χ2n) is 4.72. The van der Waals surface area contributed by atoms with E-state index in [1.54, 1.807) is 24.3 Å². The molecule has 2 rings (SSSR count). The fraction of sp³-hybridized carbons (Fsp3) is 0.118. The zero-order valence-electron chi connectivity index (χ0n) is 11.8. The quantitative estimate of drug-likeness (QED) is 0.803. The molecule has 0 heterocycles. The number of nitrogens with one attached hydrogen (secondary N) is 1. The lowest BCUT2D eigenvalue weighted by Crippen LogP contribution is -2.13. The molecule has 0 atom stereocenters. The number of carboxylic acid groups (broad SMARTS) is 1. The van der Waals surface area contributed by atoms with Gasteiger partial charge in [-0.1, -0.05) is 30.3 Å². The van der Waals surface area contributed by atoms with Gasteiger partial charge >= 0.3 is 5.97 Å². The molecule has 5 nitrogen and oxygen atoms in total. The third-order valence-electron chi connectivity index (χ3n) is 3.09. The second kappa shape index (κ2) is 7.17. The van der Waals surface area contributed by atoms with Crippen molar-refractivity contribution in [3.05, 3.63) is 65.7 Å². The van der Waals surface area contributed by atoms with Crippen LogP contribution in [0, 0.1) is 0 Å². The van der Waals surface area contributed by atoms with Crippen LogP contribution in [0.1, 0.15) is 33.6 Å². The first-order chi connectivity index (χ1) is 10.6. The number of carboxylic acids is 1. The monoisotopic (exact) mass is 297 g/mol. The van der Waals surface area contributed by atoms with Crippen LogP contribution in [0.4, 0.5) is 5.69 Å². The predicted octanol–water partition coefficient (Wildman–Crippen LogP) is 2.99. The van der Waals surface area contributed by atoms with Crippen LogP contribution in [0.15, 0.2) is 54.6 Å². The standard InChI is InChI=1S/C17H15NO4/c19-15(12-4-2-1-3-5-12)10-11-16(20)18-14-8-6-13(7-9-14)17(21)22/h1-9H,10-11H2,(H,18,20)(H,21,22). The van der Waals surface area contributed by atoms with Crippen LogP contribution in [-0.4, -0.2) is 22.8 Å². The van der Waals surface area contributed by atoms with E-state index >= 15 is 0 Å². The molecule has 0 saturated carbocycles. The van der Waals surface area contributed by atoms with Crippen molar-refractivity contribution in [1.82, 2.24) is 0 Å². The summed E-state index contributed by atoms with van der Waals surface area (Å²) in [6, 6.07) is 14.6. The Balaban J connectivity index is 1.85. The van der Waals surface area contributed by atoms with E-state index in [0.29, 0.717) is 11.3 Å². The van der Waals surface area contributed by atoms with Crippen molar-refractivity contribution in [3.8, 4) is 0 Å². The summed E-state index contributed by atoms with van der Waals surface area (Å²) in [7, 11) is 0. The topological polar surface area (TPSA) is 83.5 Å². The Morgan fingerprint density at radius 3 is 2.05 bits per heavy atom. The van der Waals surface area contributed by atoms with Crippen molar-refractivity contribution in [2.24, 2.45) is 0 Å². The van der Waals surface area contributed by atoms with Crippen molar-refractivity contribution in [2.75, 3.05) is 5.32 Å². The highest BCUT2D eigenvalue weighted by molar-refractivity contribution is 6.00. The highest BCUT2D eigenvalue weighted by Crippen LogP contribution is 2.11. The fourth-order valence-corrected chi connectivity index (χ4v) is 1.92. The fourth-order valence-electron chi connectivity index (χ4n) is 1.92. The molecule has 0 aliphatic carbocycles. The van der Waals surface area contributed by atoms with Crippen molar-refractivity contribution >= 4 is 23.3 Å². The Morgan fingerprint density at radius 2 is 1.45 bits per heavy atom. The van der Waals surface area contributed by atoms with Crippen LogP contribution in [0.3, 0.4) is 0 Å². The molecular weight excluding hydrogens is 282 g/mol. The van der Waals surface area contributed by atoms with Crippen LogP contribution in [0.5, 0.6) is 0 Å². The summed E-state index contributed by atoms with van der Waals surface area (Å²) in [4.78, 5) is 34.4. The van der Waals surface area contributed by atoms with Crippen molar-refractivity contribution < 1.29 is 19.5 Å². The largest absolute Gasteiger partial charge is 0.478 e. The summed E-state index contributed by atoms with van der Waals surface area (Å²) >= 11 is 0. The van der Waals surface area contributed by atoms with Gasteiger partial charge in [0.05, 0.1) is 5.56 Å². The minimum absolute atomic E-state index is 0.0778. The molecule has 1 amide bonds. The molecule has 0 fully saturated rings. The maximum atomic E-state index is 11.9. The minimum Gasteiger partial charge on any atom is -0.478 e. The third kappa shape index (κ3) is 4.28. The van der Waals surface area contributed by atoms with Gasteiger partial charge < -0.3 is 10.4 Å². The number of anilines is 1. The smallest absolute Gasteiger partial charge is 0.335 e. The van der Waals surface area contributed by atoms with E-state index < -0.39 is 5.97 Å². The first-order valence-electron chi connectivity index (χ1n) is 6.78.